The van der Waals surface area contributed by atoms with E-state index in [9.17, 15) is 9.50 Å². The van der Waals surface area contributed by atoms with Crippen molar-refractivity contribution in [2.24, 2.45) is 11.8 Å². The van der Waals surface area contributed by atoms with Crippen LogP contribution < -0.4 is 4.90 Å². The van der Waals surface area contributed by atoms with Crippen LogP contribution in [-0.4, -0.2) is 48.2 Å². The molecule has 1 N–H and O–H groups in total. The lowest BCUT2D eigenvalue weighted by Gasteiger charge is -2.48. The van der Waals surface area contributed by atoms with E-state index < -0.39 is 36.9 Å². The van der Waals surface area contributed by atoms with Crippen LogP contribution in [0.1, 0.15) is 65.3 Å². The number of hydrogen-bond donors (Lipinski definition) is 1. The number of nitrogens with zero attached hydrogens (tertiary/aromatic N) is 3. The molecule has 4 rings (SSSR count). The van der Waals surface area contributed by atoms with Gasteiger partial charge in [0.15, 0.2) is 8.32 Å². The molecule has 3 aromatic rings. The van der Waals surface area contributed by atoms with Crippen molar-refractivity contribution in [1.82, 2.24) is 9.97 Å². The lowest BCUT2D eigenvalue weighted by atomic mass is 9.87. The van der Waals surface area contributed by atoms with Crippen LogP contribution in [0.2, 0.25) is 18.1 Å². The molecule has 2 aromatic heterocycles. The maximum atomic E-state index is 15.1. The molecule has 1 fully saturated rings. The molecule has 240 valence electrons. The molecule has 0 radical (unpaired) electrons. The van der Waals surface area contributed by atoms with Gasteiger partial charge < -0.3 is 14.4 Å². The fourth-order valence-corrected chi connectivity index (χ4v) is 7.42. The Morgan fingerprint density at radius 3 is 2.11 bits per heavy atom. The van der Waals surface area contributed by atoms with E-state index in [1.54, 1.807) is 26.1 Å². The van der Waals surface area contributed by atoms with Crippen molar-refractivity contribution in [1.29, 1.82) is 0 Å². The van der Waals surface area contributed by atoms with Gasteiger partial charge >= 0.3 is 0 Å². The molecule has 3 heterocycles. The van der Waals surface area contributed by atoms with E-state index >= 15 is 8.78 Å². The van der Waals surface area contributed by atoms with E-state index in [1.807, 2.05) is 12.3 Å². The van der Waals surface area contributed by atoms with Crippen molar-refractivity contribution in [3.63, 3.8) is 0 Å². The highest BCUT2D eigenvalue weighted by Crippen LogP contribution is 2.41. The number of aryl methyl sites for hydroxylation is 2. The van der Waals surface area contributed by atoms with Gasteiger partial charge in [-0.1, -0.05) is 34.6 Å². The van der Waals surface area contributed by atoms with Crippen molar-refractivity contribution in [3.05, 3.63) is 77.0 Å². The first-order chi connectivity index (χ1) is 20.4. The van der Waals surface area contributed by atoms with Crippen molar-refractivity contribution in [3.8, 4) is 11.3 Å². The zero-order valence-electron chi connectivity index (χ0n) is 27.6. The number of anilines is 1. The number of benzene rings is 1. The summed E-state index contributed by atoms with van der Waals surface area (Å²) >= 11 is 0. The molecule has 1 aliphatic heterocycles. The highest BCUT2D eigenvalue weighted by Gasteiger charge is 2.43. The number of piperidine rings is 1. The Morgan fingerprint density at radius 1 is 0.932 bits per heavy atom. The Kier molecular flexibility index (Phi) is 10.0. The third-order valence-corrected chi connectivity index (χ3v) is 13.6. The highest BCUT2D eigenvalue weighted by atomic mass is 28.4. The molecule has 0 amide bonds. The molecule has 9 heteroatoms. The Morgan fingerprint density at radius 2 is 1.55 bits per heavy atom. The average molecular weight is 628 g/mol. The first-order valence-corrected chi connectivity index (χ1v) is 18.5. The quantitative estimate of drug-likeness (QED) is 0.243. The summed E-state index contributed by atoms with van der Waals surface area (Å²) in [4.78, 5) is 11.1. The van der Waals surface area contributed by atoms with Crippen LogP contribution in [0.5, 0.6) is 0 Å². The smallest absolute Gasteiger partial charge is 0.192 e. The van der Waals surface area contributed by atoms with Gasteiger partial charge in [0.25, 0.3) is 0 Å². The molecular formula is C35H48F3N3O2Si. The summed E-state index contributed by atoms with van der Waals surface area (Å²) in [7, 11) is -1.91. The highest BCUT2D eigenvalue weighted by molar-refractivity contribution is 6.74. The first kappa shape index (κ1) is 34.1. The maximum Gasteiger partial charge on any atom is 0.192 e. The monoisotopic (exact) mass is 627 g/mol. The van der Waals surface area contributed by atoms with Gasteiger partial charge in [-0.15, -0.1) is 0 Å². The van der Waals surface area contributed by atoms with Gasteiger partial charge in [-0.05, 0) is 98.1 Å². The van der Waals surface area contributed by atoms with Gasteiger partial charge in [0.1, 0.15) is 23.1 Å². The number of aromatic nitrogens is 2. The number of hydrogen-bond acceptors (Lipinski definition) is 5. The van der Waals surface area contributed by atoms with Gasteiger partial charge in [-0.2, -0.15) is 0 Å². The van der Waals surface area contributed by atoms with Crippen molar-refractivity contribution in [2.75, 3.05) is 18.0 Å². The van der Waals surface area contributed by atoms with E-state index in [0.29, 0.717) is 30.4 Å². The second-order valence-corrected chi connectivity index (χ2v) is 19.5. The molecule has 1 aliphatic rings. The van der Waals surface area contributed by atoms with Gasteiger partial charge in [-0.3, -0.25) is 4.98 Å². The summed E-state index contributed by atoms with van der Waals surface area (Å²) < 4.78 is 51.9. The predicted molar refractivity (Wildman–Crippen MR) is 174 cm³/mol. The molecule has 1 aromatic carbocycles. The standard InChI is InChI=1S/C35H48F3N3O2Si/c1-22-20-41(21-23(2)33(22)43-44(8,9)34(3,4)5)30-14-15-39-19-25(30)10-11-26-12-13-27(36)32(40-26)31-28(37)16-24(17-29(31)38)18-35(6,7)42/h12-17,19,22-23,33,42H,10-11,18,20-21H2,1-9H3/t22-,23+,33?. The molecule has 0 saturated carbocycles. The molecule has 5 nitrogen and oxygen atoms in total. The average Bonchev–Trinajstić information content (AvgIpc) is 2.89. The summed E-state index contributed by atoms with van der Waals surface area (Å²) in [6.07, 6.45) is 4.94. The molecule has 1 unspecified atom stereocenters. The Balaban J connectivity index is 1.52. The number of halogens is 3. The molecule has 0 bridgehead atoms. The third kappa shape index (κ3) is 7.90. The first-order valence-electron chi connectivity index (χ1n) is 15.6. The van der Waals surface area contributed by atoms with Crippen LogP contribution in [-0.2, 0) is 23.7 Å². The summed E-state index contributed by atoms with van der Waals surface area (Å²) in [5.74, 6) is -1.93. The minimum absolute atomic E-state index is 0.0589. The van der Waals surface area contributed by atoms with Crippen LogP contribution in [0.15, 0.2) is 42.7 Å². The fourth-order valence-electron chi connectivity index (χ4n) is 5.92. The van der Waals surface area contributed by atoms with Gasteiger partial charge in [0.2, 0.25) is 0 Å². The molecule has 1 saturated heterocycles. The number of aliphatic hydroxyl groups is 1. The second kappa shape index (κ2) is 12.9. The Bertz CT molecular complexity index is 1430. The van der Waals surface area contributed by atoms with Crippen molar-refractivity contribution >= 4 is 14.0 Å². The Hall–Kier alpha value is -2.75. The maximum absolute atomic E-state index is 15.1. The molecule has 44 heavy (non-hydrogen) atoms. The third-order valence-electron chi connectivity index (χ3n) is 9.12. The minimum atomic E-state index is -1.91. The molecule has 3 atom stereocenters. The fraction of sp³-hybridized carbons (Fsp3) is 0.543. The van der Waals surface area contributed by atoms with Gasteiger partial charge in [0, 0.05) is 43.3 Å². The zero-order valence-corrected chi connectivity index (χ0v) is 28.6. The SMILES string of the molecule is C[C@@H]1CN(c2ccncc2CCc2ccc(F)c(-c3c(F)cc(CC(C)(C)O)cc3F)n2)C[C@H](C)C1O[Si](C)(C)C(C)(C)C. The van der Waals surface area contributed by atoms with Gasteiger partial charge in [-0.25, -0.2) is 18.2 Å². The number of pyridine rings is 2. The Labute approximate surface area is 262 Å². The van der Waals surface area contributed by atoms with E-state index in [1.165, 1.54) is 6.07 Å². The van der Waals surface area contributed by atoms with Crippen LogP contribution in [0, 0.1) is 29.3 Å². The van der Waals surface area contributed by atoms with E-state index in [2.05, 4.69) is 62.6 Å². The van der Waals surface area contributed by atoms with Crippen LogP contribution >= 0.6 is 0 Å². The van der Waals surface area contributed by atoms with E-state index in [-0.39, 0.29) is 28.8 Å². The largest absolute Gasteiger partial charge is 0.413 e. The van der Waals surface area contributed by atoms with Crippen LogP contribution in [0.3, 0.4) is 0 Å². The lowest BCUT2D eigenvalue weighted by molar-refractivity contribution is 0.0627. The summed E-state index contributed by atoms with van der Waals surface area (Å²) in [5, 5.41) is 10.2. The summed E-state index contributed by atoms with van der Waals surface area (Å²) in [5.41, 5.74) is 0.958. The van der Waals surface area contributed by atoms with Crippen molar-refractivity contribution in [2.45, 2.75) is 97.6 Å². The minimum Gasteiger partial charge on any atom is -0.413 e. The van der Waals surface area contributed by atoms with Crippen molar-refractivity contribution < 1.29 is 22.7 Å². The predicted octanol–water partition coefficient (Wildman–Crippen LogP) is 8.14. The van der Waals surface area contributed by atoms with E-state index in [0.717, 1.165) is 36.5 Å². The second-order valence-electron chi connectivity index (χ2n) is 14.8. The zero-order chi connectivity index (χ0) is 32.6. The topological polar surface area (TPSA) is 58.5 Å². The van der Waals surface area contributed by atoms with Crippen LogP contribution in [0.25, 0.3) is 11.3 Å². The summed E-state index contributed by atoms with van der Waals surface area (Å²) in [6, 6.07) is 7.07. The van der Waals surface area contributed by atoms with Crippen LogP contribution in [0.4, 0.5) is 18.9 Å². The van der Waals surface area contributed by atoms with E-state index in [4.69, 9.17) is 4.43 Å². The van der Waals surface area contributed by atoms with Gasteiger partial charge in [0.05, 0.1) is 17.3 Å². The molecule has 0 spiro atoms. The molecular weight excluding hydrogens is 579 g/mol. The normalized spacial score (nSPS) is 19.8. The lowest BCUT2D eigenvalue weighted by Crippen LogP contribution is -2.54. The molecule has 0 aliphatic carbocycles. The summed E-state index contributed by atoms with van der Waals surface area (Å²) in [6.45, 7) is 20.8. The number of rotatable bonds is 9.